The lowest BCUT2D eigenvalue weighted by molar-refractivity contribution is -0.138. The molecule has 1 aromatic carbocycles. The van der Waals surface area contributed by atoms with E-state index in [0.717, 1.165) is 0 Å². The van der Waals surface area contributed by atoms with Crippen molar-refractivity contribution in [3.8, 4) is 0 Å². The van der Waals surface area contributed by atoms with Crippen LogP contribution in [0.5, 0.6) is 0 Å². The quantitative estimate of drug-likeness (QED) is 0.273. The highest BCUT2D eigenvalue weighted by molar-refractivity contribution is 6.32. The van der Waals surface area contributed by atoms with Gasteiger partial charge in [-0.2, -0.15) is 26.3 Å². The van der Waals surface area contributed by atoms with Crippen molar-refractivity contribution in [1.29, 1.82) is 0 Å². The van der Waals surface area contributed by atoms with E-state index in [1.54, 1.807) is 0 Å². The van der Waals surface area contributed by atoms with E-state index in [0.29, 0.717) is 29.5 Å². The molecule has 0 saturated carbocycles. The molecule has 37 heavy (non-hydrogen) atoms. The van der Waals surface area contributed by atoms with Crippen LogP contribution in [-0.4, -0.2) is 21.8 Å². The number of nitrogens with one attached hydrogen (secondary N) is 2. The molecule has 0 aliphatic carbocycles. The van der Waals surface area contributed by atoms with Gasteiger partial charge in [0.25, 0.3) is 5.91 Å². The molecule has 0 saturated heterocycles. The summed E-state index contributed by atoms with van der Waals surface area (Å²) >= 11 is 17.7. The van der Waals surface area contributed by atoms with Crippen LogP contribution in [0, 0.1) is 0 Å². The van der Waals surface area contributed by atoms with Crippen molar-refractivity contribution in [3.05, 3.63) is 91.9 Å². The second-order valence-electron chi connectivity index (χ2n) is 7.45. The van der Waals surface area contributed by atoms with Crippen LogP contribution in [-0.2, 0) is 23.6 Å². The Hall–Kier alpha value is -3.09. The van der Waals surface area contributed by atoms with Gasteiger partial charge in [0, 0.05) is 29.4 Å². The number of carbonyl (C=O) groups excluding carboxylic acids is 2. The predicted octanol–water partition coefficient (Wildman–Crippen LogP) is 6.26. The minimum Gasteiger partial charge on any atom is -0.272 e. The summed E-state index contributed by atoms with van der Waals surface area (Å²) < 4.78 is 78.0. The number of pyridine rings is 2. The topological polar surface area (TPSA) is 84.0 Å². The predicted molar refractivity (Wildman–Crippen MR) is 122 cm³/mol. The molecule has 0 fully saturated rings. The van der Waals surface area contributed by atoms with Crippen LogP contribution in [0.2, 0.25) is 15.1 Å². The number of alkyl halides is 6. The fourth-order valence-corrected chi connectivity index (χ4v) is 3.68. The number of carbonyl (C=O) groups is 2. The van der Waals surface area contributed by atoms with E-state index >= 15 is 0 Å². The number of aromatic nitrogens is 2. The van der Waals surface area contributed by atoms with Crippen LogP contribution in [0.4, 0.5) is 26.3 Å². The summed E-state index contributed by atoms with van der Waals surface area (Å²) in [7, 11) is 0. The van der Waals surface area contributed by atoms with E-state index in [1.807, 2.05) is 0 Å². The van der Waals surface area contributed by atoms with Gasteiger partial charge >= 0.3 is 12.4 Å². The summed E-state index contributed by atoms with van der Waals surface area (Å²) in [6.45, 7) is 0. The lowest BCUT2D eigenvalue weighted by Crippen LogP contribution is -2.44. The summed E-state index contributed by atoms with van der Waals surface area (Å²) in [6, 6.07) is 6.70. The lowest BCUT2D eigenvalue weighted by atomic mass is 9.96. The standard InChI is InChI=1S/C22H13Cl3F6N4O2/c23-13-3-1-10(2-4-13)19(36)34-35-20(37)14(18-16(25)6-12(9-33-18)22(29,30)31)7-17-15(24)5-11(8-32-17)21(26,27)28/h1-6,8-9,14H,7H2,(H,34,36)(H,35,37). The highest BCUT2D eigenvalue weighted by Gasteiger charge is 2.35. The first-order valence-electron chi connectivity index (χ1n) is 9.97. The number of benzene rings is 1. The van der Waals surface area contributed by atoms with Crippen molar-refractivity contribution in [2.75, 3.05) is 0 Å². The summed E-state index contributed by atoms with van der Waals surface area (Å²) in [4.78, 5) is 32.6. The van der Waals surface area contributed by atoms with Gasteiger partial charge in [0.1, 0.15) is 0 Å². The van der Waals surface area contributed by atoms with Gasteiger partial charge < -0.3 is 0 Å². The summed E-state index contributed by atoms with van der Waals surface area (Å²) in [5.41, 5.74) is 1.43. The number of amides is 2. The van der Waals surface area contributed by atoms with Crippen LogP contribution >= 0.6 is 34.8 Å². The number of nitrogens with zero attached hydrogens (tertiary/aromatic N) is 2. The molecule has 6 nitrogen and oxygen atoms in total. The maximum atomic E-state index is 13.0. The molecule has 2 aromatic heterocycles. The van der Waals surface area contributed by atoms with E-state index in [1.165, 1.54) is 24.3 Å². The molecule has 0 aliphatic rings. The molecule has 0 aliphatic heterocycles. The van der Waals surface area contributed by atoms with Crippen LogP contribution in [0.25, 0.3) is 0 Å². The van der Waals surface area contributed by atoms with E-state index in [4.69, 9.17) is 34.8 Å². The maximum absolute atomic E-state index is 13.0. The average molecular weight is 586 g/mol. The lowest BCUT2D eigenvalue weighted by Gasteiger charge is -2.19. The maximum Gasteiger partial charge on any atom is 0.417 e. The molecular formula is C22H13Cl3F6N4O2. The number of hydrazine groups is 1. The molecule has 3 rings (SSSR count). The molecular weight excluding hydrogens is 573 g/mol. The largest absolute Gasteiger partial charge is 0.417 e. The second-order valence-corrected chi connectivity index (χ2v) is 8.70. The molecule has 0 spiro atoms. The van der Waals surface area contributed by atoms with Crippen molar-refractivity contribution in [2.24, 2.45) is 0 Å². The van der Waals surface area contributed by atoms with Crippen LogP contribution in [0.1, 0.15) is 38.8 Å². The number of halogens is 9. The molecule has 2 N–H and O–H groups in total. The van der Waals surface area contributed by atoms with Crippen LogP contribution < -0.4 is 10.9 Å². The third kappa shape index (κ3) is 7.24. The molecule has 2 amide bonds. The Morgan fingerprint density at radius 1 is 0.811 bits per heavy atom. The molecule has 0 radical (unpaired) electrons. The summed E-state index contributed by atoms with van der Waals surface area (Å²) in [5.74, 6) is -3.28. The van der Waals surface area contributed by atoms with E-state index in [-0.39, 0.29) is 17.0 Å². The monoisotopic (exact) mass is 584 g/mol. The Bertz CT molecular complexity index is 1320. The zero-order chi connectivity index (χ0) is 27.5. The Morgan fingerprint density at radius 3 is 1.86 bits per heavy atom. The van der Waals surface area contributed by atoms with Crippen LogP contribution in [0.15, 0.2) is 48.8 Å². The van der Waals surface area contributed by atoms with Crippen LogP contribution in [0.3, 0.4) is 0 Å². The molecule has 1 unspecified atom stereocenters. The van der Waals surface area contributed by atoms with Crippen molar-refractivity contribution in [2.45, 2.75) is 24.7 Å². The number of hydrogen-bond donors (Lipinski definition) is 2. The van der Waals surface area contributed by atoms with Gasteiger partial charge in [-0.3, -0.25) is 30.4 Å². The number of hydrogen-bond acceptors (Lipinski definition) is 4. The third-order valence-corrected chi connectivity index (χ3v) is 5.77. The third-order valence-electron chi connectivity index (χ3n) is 4.89. The van der Waals surface area contributed by atoms with Crippen molar-refractivity contribution < 1.29 is 35.9 Å². The van der Waals surface area contributed by atoms with Gasteiger partial charge in [-0.25, -0.2) is 0 Å². The fourth-order valence-electron chi connectivity index (χ4n) is 3.02. The average Bonchev–Trinajstić information content (AvgIpc) is 2.81. The Balaban J connectivity index is 1.92. The van der Waals surface area contributed by atoms with E-state index in [9.17, 15) is 35.9 Å². The highest BCUT2D eigenvalue weighted by atomic mass is 35.5. The fraction of sp³-hybridized carbons (Fsp3) is 0.182. The van der Waals surface area contributed by atoms with Gasteiger partial charge in [0.05, 0.1) is 38.5 Å². The summed E-state index contributed by atoms with van der Waals surface area (Å²) in [6.07, 6.45) is -9.11. The normalized spacial score (nSPS) is 12.7. The minimum atomic E-state index is -4.78. The Morgan fingerprint density at radius 2 is 1.35 bits per heavy atom. The van der Waals surface area contributed by atoms with E-state index < -0.39 is 57.7 Å². The smallest absolute Gasteiger partial charge is 0.272 e. The SMILES string of the molecule is O=C(NNC(=O)C(Cc1ncc(C(F)(F)F)cc1Cl)c1ncc(C(F)(F)F)cc1Cl)c1ccc(Cl)cc1. The zero-order valence-corrected chi connectivity index (χ0v) is 20.3. The van der Waals surface area contributed by atoms with Gasteiger partial charge in [0.15, 0.2) is 0 Å². The molecule has 1 atom stereocenters. The van der Waals surface area contributed by atoms with Gasteiger partial charge in [0.2, 0.25) is 5.91 Å². The molecule has 15 heteroatoms. The van der Waals surface area contributed by atoms with Crippen molar-refractivity contribution in [1.82, 2.24) is 20.8 Å². The van der Waals surface area contributed by atoms with Crippen molar-refractivity contribution in [3.63, 3.8) is 0 Å². The first kappa shape index (κ1) is 28.5. The second kappa shape index (κ2) is 11.1. The van der Waals surface area contributed by atoms with Gasteiger partial charge in [-0.1, -0.05) is 34.8 Å². The Labute approximate surface area is 219 Å². The van der Waals surface area contributed by atoms with Gasteiger partial charge in [-0.15, -0.1) is 0 Å². The molecule has 2 heterocycles. The highest BCUT2D eigenvalue weighted by Crippen LogP contribution is 2.35. The number of rotatable bonds is 5. The minimum absolute atomic E-state index is 0.111. The first-order chi connectivity index (χ1) is 17.2. The molecule has 3 aromatic rings. The first-order valence-corrected chi connectivity index (χ1v) is 11.1. The zero-order valence-electron chi connectivity index (χ0n) is 18.0. The van der Waals surface area contributed by atoms with Gasteiger partial charge in [-0.05, 0) is 36.4 Å². The van der Waals surface area contributed by atoms with E-state index in [2.05, 4.69) is 20.8 Å². The summed E-state index contributed by atoms with van der Waals surface area (Å²) in [5, 5.41) is -0.660. The molecule has 0 bridgehead atoms. The Kier molecular flexibility index (Phi) is 8.56. The molecule has 196 valence electrons. The van der Waals surface area contributed by atoms with Crippen molar-refractivity contribution >= 4 is 46.6 Å².